The van der Waals surface area contributed by atoms with E-state index in [4.69, 9.17) is 11.6 Å². The van der Waals surface area contributed by atoms with Crippen LogP contribution in [0.4, 0.5) is 0 Å². The molecule has 1 aromatic rings. The predicted molar refractivity (Wildman–Crippen MR) is 68.8 cm³/mol. The Bertz CT molecular complexity index is 365. The van der Waals surface area contributed by atoms with Gasteiger partial charge in [0.05, 0.1) is 5.38 Å². The van der Waals surface area contributed by atoms with Gasteiger partial charge in [-0.3, -0.25) is 0 Å². The summed E-state index contributed by atoms with van der Waals surface area (Å²) in [4.78, 5) is 0. The molecule has 2 aliphatic rings. The SMILES string of the molecule is ClC1c2ccccc2CC1CC1CCCC1. The maximum Gasteiger partial charge on any atom is 0.0619 e. The van der Waals surface area contributed by atoms with Crippen molar-refractivity contribution in [1.82, 2.24) is 0 Å². The third-order valence-corrected chi connectivity index (χ3v) is 4.95. The van der Waals surface area contributed by atoms with Crippen LogP contribution < -0.4 is 0 Å². The Morgan fingerprint density at radius 1 is 1.12 bits per heavy atom. The summed E-state index contributed by atoms with van der Waals surface area (Å²) in [6.45, 7) is 0. The van der Waals surface area contributed by atoms with Crippen LogP contribution in [-0.4, -0.2) is 0 Å². The zero-order valence-corrected chi connectivity index (χ0v) is 10.4. The van der Waals surface area contributed by atoms with E-state index in [2.05, 4.69) is 24.3 Å². The second kappa shape index (κ2) is 4.41. The first-order valence-corrected chi connectivity index (χ1v) is 7.00. The lowest BCUT2D eigenvalue weighted by molar-refractivity contribution is 0.380. The van der Waals surface area contributed by atoms with Crippen LogP contribution in [0.25, 0.3) is 0 Å². The molecule has 0 radical (unpaired) electrons. The lowest BCUT2D eigenvalue weighted by Gasteiger charge is -2.18. The zero-order valence-electron chi connectivity index (χ0n) is 9.66. The molecule has 0 aromatic heterocycles. The van der Waals surface area contributed by atoms with E-state index in [1.807, 2.05) is 0 Å². The Hall–Kier alpha value is -0.490. The highest BCUT2D eigenvalue weighted by Crippen LogP contribution is 2.45. The molecule has 2 aliphatic carbocycles. The van der Waals surface area contributed by atoms with Gasteiger partial charge in [-0.15, -0.1) is 11.6 Å². The van der Waals surface area contributed by atoms with Crippen LogP contribution in [0.15, 0.2) is 24.3 Å². The number of hydrogen-bond donors (Lipinski definition) is 0. The number of benzene rings is 1. The van der Waals surface area contributed by atoms with E-state index in [1.165, 1.54) is 49.7 Å². The average molecular weight is 235 g/mol. The van der Waals surface area contributed by atoms with Gasteiger partial charge in [0.15, 0.2) is 0 Å². The van der Waals surface area contributed by atoms with Crippen LogP contribution in [0.1, 0.15) is 48.6 Å². The number of halogens is 1. The Balaban J connectivity index is 1.71. The van der Waals surface area contributed by atoms with Crippen molar-refractivity contribution in [2.24, 2.45) is 11.8 Å². The summed E-state index contributed by atoms with van der Waals surface area (Å²) >= 11 is 6.59. The fraction of sp³-hybridized carbons (Fsp3) is 0.600. The minimum absolute atomic E-state index is 0.275. The van der Waals surface area contributed by atoms with Crippen LogP contribution >= 0.6 is 11.6 Å². The van der Waals surface area contributed by atoms with Crippen LogP contribution in [0.5, 0.6) is 0 Å². The third-order valence-electron chi connectivity index (χ3n) is 4.36. The van der Waals surface area contributed by atoms with E-state index in [0.29, 0.717) is 5.92 Å². The highest BCUT2D eigenvalue weighted by atomic mass is 35.5. The van der Waals surface area contributed by atoms with Crippen LogP contribution in [-0.2, 0) is 6.42 Å². The Kier molecular flexibility index (Phi) is 2.93. The average Bonchev–Trinajstić information content (AvgIpc) is 2.90. The minimum Gasteiger partial charge on any atom is -0.117 e. The maximum absolute atomic E-state index is 6.59. The van der Waals surface area contributed by atoms with Gasteiger partial charge in [0.1, 0.15) is 0 Å². The summed E-state index contributed by atoms with van der Waals surface area (Å²) in [6.07, 6.45) is 8.32. The van der Waals surface area contributed by atoms with Gasteiger partial charge in [-0.1, -0.05) is 49.9 Å². The summed E-state index contributed by atoms with van der Waals surface area (Å²) < 4.78 is 0. The summed E-state index contributed by atoms with van der Waals surface area (Å²) in [7, 11) is 0. The summed E-state index contributed by atoms with van der Waals surface area (Å²) in [6, 6.07) is 8.72. The van der Waals surface area contributed by atoms with Gasteiger partial charge < -0.3 is 0 Å². The van der Waals surface area contributed by atoms with E-state index >= 15 is 0 Å². The summed E-state index contributed by atoms with van der Waals surface area (Å²) in [5.74, 6) is 1.66. The highest BCUT2D eigenvalue weighted by molar-refractivity contribution is 6.21. The van der Waals surface area contributed by atoms with Crippen LogP contribution in [0, 0.1) is 11.8 Å². The van der Waals surface area contributed by atoms with E-state index in [0.717, 1.165) is 5.92 Å². The quantitative estimate of drug-likeness (QED) is 0.650. The topological polar surface area (TPSA) is 0 Å². The number of fused-ring (bicyclic) bond motifs is 1. The van der Waals surface area contributed by atoms with Crippen molar-refractivity contribution in [3.63, 3.8) is 0 Å². The first-order chi connectivity index (χ1) is 7.84. The fourth-order valence-corrected chi connectivity index (χ4v) is 3.91. The first-order valence-electron chi connectivity index (χ1n) is 6.56. The van der Waals surface area contributed by atoms with Gasteiger partial charge >= 0.3 is 0 Å². The maximum atomic E-state index is 6.59. The van der Waals surface area contributed by atoms with E-state index in [9.17, 15) is 0 Å². The molecule has 1 heteroatoms. The molecule has 0 heterocycles. The largest absolute Gasteiger partial charge is 0.117 e. The first kappa shape index (κ1) is 10.7. The second-order valence-electron chi connectivity index (χ2n) is 5.45. The fourth-order valence-electron chi connectivity index (χ4n) is 3.51. The monoisotopic (exact) mass is 234 g/mol. The van der Waals surface area contributed by atoms with E-state index in [1.54, 1.807) is 0 Å². The summed E-state index contributed by atoms with van der Waals surface area (Å²) in [5.41, 5.74) is 2.89. The second-order valence-corrected chi connectivity index (χ2v) is 5.92. The molecule has 1 saturated carbocycles. The molecular formula is C15H19Cl. The highest BCUT2D eigenvalue weighted by Gasteiger charge is 2.32. The molecule has 1 aromatic carbocycles. The molecule has 16 heavy (non-hydrogen) atoms. The standard InChI is InChI=1S/C15H19Cl/c16-15-13(9-11-5-1-2-6-11)10-12-7-3-4-8-14(12)15/h3-4,7-8,11,13,15H,1-2,5-6,9-10H2. The smallest absolute Gasteiger partial charge is 0.0619 e. The number of rotatable bonds is 2. The molecule has 0 saturated heterocycles. The minimum atomic E-state index is 0.275. The van der Waals surface area contributed by atoms with E-state index < -0.39 is 0 Å². The van der Waals surface area contributed by atoms with Crippen molar-refractivity contribution in [2.45, 2.75) is 43.9 Å². The molecule has 0 N–H and O–H groups in total. The van der Waals surface area contributed by atoms with Gasteiger partial charge in [-0.2, -0.15) is 0 Å². The zero-order chi connectivity index (χ0) is 11.0. The van der Waals surface area contributed by atoms with Crippen molar-refractivity contribution in [3.05, 3.63) is 35.4 Å². The Morgan fingerprint density at radius 2 is 1.88 bits per heavy atom. The normalized spacial score (nSPS) is 29.6. The third kappa shape index (κ3) is 1.88. The molecule has 86 valence electrons. The molecule has 0 nitrogen and oxygen atoms in total. The van der Waals surface area contributed by atoms with Gasteiger partial charge in [-0.25, -0.2) is 0 Å². The van der Waals surface area contributed by atoms with E-state index in [-0.39, 0.29) is 5.38 Å². The molecule has 0 spiro atoms. The lowest BCUT2D eigenvalue weighted by Crippen LogP contribution is -2.08. The van der Waals surface area contributed by atoms with Gasteiger partial charge in [0, 0.05) is 0 Å². The molecule has 0 aliphatic heterocycles. The van der Waals surface area contributed by atoms with Gasteiger partial charge in [0.25, 0.3) is 0 Å². The molecule has 2 unspecified atom stereocenters. The van der Waals surface area contributed by atoms with Crippen molar-refractivity contribution in [3.8, 4) is 0 Å². The Morgan fingerprint density at radius 3 is 2.62 bits per heavy atom. The molecule has 3 rings (SSSR count). The van der Waals surface area contributed by atoms with Gasteiger partial charge in [-0.05, 0) is 35.8 Å². The predicted octanol–water partition coefficient (Wildman–Crippen LogP) is 4.72. The van der Waals surface area contributed by atoms with Crippen molar-refractivity contribution < 1.29 is 0 Å². The molecule has 1 fully saturated rings. The van der Waals surface area contributed by atoms with Crippen LogP contribution in [0.3, 0.4) is 0 Å². The Labute approximate surface area is 103 Å². The van der Waals surface area contributed by atoms with Crippen molar-refractivity contribution in [2.75, 3.05) is 0 Å². The number of alkyl halides is 1. The van der Waals surface area contributed by atoms with Crippen molar-refractivity contribution in [1.29, 1.82) is 0 Å². The molecule has 0 bridgehead atoms. The molecular weight excluding hydrogens is 216 g/mol. The lowest BCUT2D eigenvalue weighted by atomic mass is 9.91. The molecule has 2 atom stereocenters. The van der Waals surface area contributed by atoms with Gasteiger partial charge in [0.2, 0.25) is 0 Å². The van der Waals surface area contributed by atoms with Crippen LogP contribution in [0.2, 0.25) is 0 Å². The summed E-state index contributed by atoms with van der Waals surface area (Å²) in [5, 5.41) is 0.275. The number of hydrogen-bond acceptors (Lipinski definition) is 0. The molecule has 0 amide bonds. The van der Waals surface area contributed by atoms with Crippen molar-refractivity contribution >= 4 is 11.6 Å².